The number of carboxylic acids is 1. The number of hydrogen-bond donors (Lipinski definition) is 4. The second-order valence-electron chi connectivity index (χ2n) is 2.86. The summed E-state index contributed by atoms with van der Waals surface area (Å²) in [6.45, 7) is -0.297. The molecule has 0 saturated heterocycles. The van der Waals surface area contributed by atoms with Crippen LogP contribution < -0.4 is 5.73 Å². The van der Waals surface area contributed by atoms with Gasteiger partial charge >= 0.3 is 5.97 Å². The van der Waals surface area contributed by atoms with Crippen molar-refractivity contribution in [3.05, 3.63) is 29.3 Å². The average molecular weight is 197 g/mol. The number of nitrogens with two attached hydrogens (primary N) is 1. The van der Waals surface area contributed by atoms with E-state index < -0.39 is 12.0 Å². The van der Waals surface area contributed by atoms with Gasteiger partial charge in [0.05, 0.1) is 6.61 Å². The third-order valence-electron chi connectivity index (χ3n) is 1.90. The van der Waals surface area contributed by atoms with Crippen LogP contribution in [0.25, 0.3) is 0 Å². The number of carbonyl (C=O) groups is 1. The molecular weight excluding hydrogens is 186 g/mol. The van der Waals surface area contributed by atoms with Crippen molar-refractivity contribution in [1.82, 2.24) is 0 Å². The standard InChI is InChI=1S/C9H11NO4/c10-8(9(13)14)5-1-2-6(4-11)7(12)3-5/h1-3,8,11-12H,4,10H2,(H,13,14). The van der Waals surface area contributed by atoms with Crippen LogP contribution in [0.5, 0.6) is 5.75 Å². The fraction of sp³-hybridized carbons (Fsp3) is 0.222. The minimum atomic E-state index is -1.17. The minimum Gasteiger partial charge on any atom is -0.508 e. The van der Waals surface area contributed by atoms with Crippen LogP contribution in [0.3, 0.4) is 0 Å². The maximum Gasteiger partial charge on any atom is 0.325 e. The molecule has 0 heterocycles. The number of aliphatic hydroxyl groups excluding tert-OH is 1. The molecule has 0 saturated carbocycles. The van der Waals surface area contributed by atoms with Crippen LogP contribution >= 0.6 is 0 Å². The topological polar surface area (TPSA) is 104 Å². The molecule has 0 aliphatic carbocycles. The van der Waals surface area contributed by atoms with E-state index in [2.05, 4.69) is 0 Å². The van der Waals surface area contributed by atoms with E-state index in [1.165, 1.54) is 18.2 Å². The fourth-order valence-corrected chi connectivity index (χ4v) is 1.05. The first-order valence-electron chi connectivity index (χ1n) is 3.97. The average Bonchev–Trinajstić information content (AvgIpc) is 2.16. The Hall–Kier alpha value is -1.59. The molecule has 1 unspecified atom stereocenters. The summed E-state index contributed by atoms with van der Waals surface area (Å²) >= 11 is 0. The van der Waals surface area contributed by atoms with Gasteiger partial charge in [0.15, 0.2) is 0 Å². The molecule has 76 valence electrons. The molecule has 1 rings (SSSR count). The summed E-state index contributed by atoms with van der Waals surface area (Å²) in [6, 6.07) is 2.98. The highest BCUT2D eigenvalue weighted by Gasteiger charge is 2.15. The minimum absolute atomic E-state index is 0.151. The third kappa shape index (κ3) is 2.01. The zero-order valence-corrected chi connectivity index (χ0v) is 7.34. The van der Waals surface area contributed by atoms with E-state index in [9.17, 15) is 9.90 Å². The number of aliphatic carboxylic acids is 1. The highest BCUT2D eigenvalue weighted by molar-refractivity contribution is 5.75. The number of carboxylic acid groups (broad SMARTS) is 1. The molecular formula is C9H11NO4. The summed E-state index contributed by atoms with van der Waals surface area (Å²) in [4.78, 5) is 10.5. The van der Waals surface area contributed by atoms with Crippen molar-refractivity contribution in [2.75, 3.05) is 0 Å². The van der Waals surface area contributed by atoms with Gasteiger partial charge in [0.25, 0.3) is 0 Å². The van der Waals surface area contributed by atoms with E-state index in [-0.39, 0.29) is 12.4 Å². The Morgan fingerprint density at radius 3 is 2.57 bits per heavy atom. The summed E-state index contributed by atoms with van der Waals surface area (Å²) in [5.74, 6) is -1.32. The SMILES string of the molecule is NC(C(=O)O)c1ccc(CO)c(O)c1. The molecule has 0 amide bonds. The van der Waals surface area contributed by atoms with Crippen molar-refractivity contribution in [3.8, 4) is 5.75 Å². The molecule has 0 bridgehead atoms. The highest BCUT2D eigenvalue weighted by atomic mass is 16.4. The summed E-state index contributed by atoms with van der Waals surface area (Å²) in [7, 11) is 0. The van der Waals surface area contributed by atoms with Crippen LogP contribution in [-0.2, 0) is 11.4 Å². The Morgan fingerprint density at radius 1 is 1.50 bits per heavy atom. The van der Waals surface area contributed by atoms with Crippen LogP contribution in [0, 0.1) is 0 Å². The largest absolute Gasteiger partial charge is 0.508 e. The van der Waals surface area contributed by atoms with Gasteiger partial charge in [0.2, 0.25) is 0 Å². The van der Waals surface area contributed by atoms with Crippen LogP contribution in [0.4, 0.5) is 0 Å². The van der Waals surface area contributed by atoms with Gasteiger partial charge < -0.3 is 21.1 Å². The lowest BCUT2D eigenvalue weighted by Crippen LogP contribution is -2.20. The Bertz CT molecular complexity index is 351. The summed E-state index contributed by atoms with van der Waals surface area (Å²) in [6.07, 6.45) is 0. The van der Waals surface area contributed by atoms with E-state index in [0.29, 0.717) is 11.1 Å². The second kappa shape index (κ2) is 4.08. The normalized spacial score (nSPS) is 12.4. The Kier molecular flexibility index (Phi) is 3.06. The van der Waals surface area contributed by atoms with Crippen LogP contribution in [-0.4, -0.2) is 21.3 Å². The lowest BCUT2D eigenvalue weighted by atomic mass is 10.0. The first-order valence-corrected chi connectivity index (χ1v) is 3.97. The molecule has 5 heteroatoms. The van der Waals surface area contributed by atoms with Gasteiger partial charge in [0, 0.05) is 5.56 Å². The molecule has 0 spiro atoms. The molecule has 0 aromatic heterocycles. The molecule has 5 nitrogen and oxygen atoms in total. The Morgan fingerprint density at radius 2 is 2.14 bits per heavy atom. The van der Waals surface area contributed by atoms with Gasteiger partial charge in [0.1, 0.15) is 11.8 Å². The van der Waals surface area contributed by atoms with Gasteiger partial charge in [-0.3, -0.25) is 4.79 Å². The molecule has 5 N–H and O–H groups in total. The van der Waals surface area contributed by atoms with Crippen molar-refractivity contribution in [2.45, 2.75) is 12.6 Å². The molecule has 0 radical (unpaired) electrons. The Balaban J connectivity index is 3.02. The van der Waals surface area contributed by atoms with Gasteiger partial charge in [-0.15, -0.1) is 0 Å². The fourth-order valence-electron chi connectivity index (χ4n) is 1.05. The molecule has 1 atom stereocenters. The number of aliphatic hydroxyl groups is 1. The second-order valence-corrected chi connectivity index (χ2v) is 2.86. The van der Waals surface area contributed by atoms with E-state index in [4.69, 9.17) is 15.9 Å². The van der Waals surface area contributed by atoms with Gasteiger partial charge in [-0.05, 0) is 11.6 Å². The van der Waals surface area contributed by atoms with Crippen molar-refractivity contribution < 1.29 is 20.1 Å². The number of phenols is 1. The van der Waals surface area contributed by atoms with E-state index >= 15 is 0 Å². The predicted octanol–water partition coefficient (Wildman–Crippen LogP) is -0.0311. The smallest absolute Gasteiger partial charge is 0.325 e. The van der Waals surface area contributed by atoms with Crippen LogP contribution in [0.2, 0.25) is 0 Å². The molecule has 0 fully saturated rings. The first kappa shape index (κ1) is 10.5. The van der Waals surface area contributed by atoms with Gasteiger partial charge in [-0.2, -0.15) is 0 Å². The van der Waals surface area contributed by atoms with Gasteiger partial charge in [-0.25, -0.2) is 0 Å². The molecule has 1 aromatic rings. The predicted molar refractivity (Wildman–Crippen MR) is 48.6 cm³/mol. The van der Waals surface area contributed by atoms with Crippen LogP contribution in [0.15, 0.2) is 18.2 Å². The maximum atomic E-state index is 10.5. The molecule has 0 aliphatic heterocycles. The number of aromatic hydroxyl groups is 1. The van der Waals surface area contributed by atoms with E-state index in [1.54, 1.807) is 0 Å². The quantitative estimate of drug-likeness (QED) is 0.544. The van der Waals surface area contributed by atoms with E-state index in [0.717, 1.165) is 0 Å². The van der Waals surface area contributed by atoms with E-state index in [1.807, 2.05) is 0 Å². The lowest BCUT2D eigenvalue weighted by Gasteiger charge is -2.08. The molecule has 0 aliphatic rings. The van der Waals surface area contributed by atoms with Crippen molar-refractivity contribution in [2.24, 2.45) is 5.73 Å². The lowest BCUT2D eigenvalue weighted by molar-refractivity contribution is -0.138. The monoisotopic (exact) mass is 197 g/mol. The number of benzene rings is 1. The third-order valence-corrected chi connectivity index (χ3v) is 1.90. The van der Waals surface area contributed by atoms with Gasteiger partial charge in [-0.1, -0.05) is 12.1 Å². The maximum absolute atomic E-state index is 10.5. The van der Waals surface area contributed by atoms with Crippen molar-refractivity contribution in [1.29, 1.82) is 0 Å². The summed E-state index contributed by atoms with van der Waals surface area (Å²) in [5, 5.41) is 26.7. The highest BCUT2D eigenvalue weighted by Crippen LogP contribution is 2.21. The van der Waals surface area contributed by atoms with Crippen molar-refractivity contribution in [3.63, 3.8) is 0 Å². The number of rotatable bonds is 3. The zero-order valence-electron chi connectivity index (χ0n) is 7.34. The van der Waals surface area contributed by atoms with Crippen LogP contribution in [0.1, 0.15) is 17.2 Å². The number of hydrogen-bond acceptors (Lipinski definition) is 4. The zero-order chi connectivity index (χ0) is 10.7. The molecule has 1 aromatic carbocycles. The molecule has 14 heavy (non-hydrogen) atoms. The summed E-state index contributed by atoms with van der Waals surface area (Å²) < 4.78 is 0. The van der Waals surface area contributed by atoms with Crippen molar-refractivity contribution >= 4 is 5.97 Å². The summed E-state index contributed by atoms with van der Waals surface area (Å²) in [5.41, 5.74) is 5.96. The first-order chi connectivity index (χ1) is 6.56. The Labute approximate surface area is 80.4 Å².